The van der Waals surface area contributed by atoms with Gasteiger partial charge in [0.15, 0.2) is 0 Å². The van der Waals surface area contributed by atoms with Gasteiger partial charge < -0.3 is 20.3 Å². The molecule has 0 unspecified atom stereocenters. The Morgan fingerprint density at radius 2 is 1.68 bits per heavy atom. The highest BCUT2D eigenvalue weighted by Gasteiger charge is 2.17. The van der Waals surface area contributed by atoms with Crippen molar-refractivity contribution in [2.45, 2.75) is 20.8 Å². The lowest BCUT2D eigenvalue weighted by molar-refractivity contribution is 0.0735. The Kier molecular flexibility index (Phi) is 9.01. The van der Waals surface area contributed by atoms with Crippen molar-refractivity contribution in [1.29, 1.82) is 0 Å². The number of aromatic nitrogens is 1. The van der Waals surface area contributed by atoms with Crippen LogP contribution in [0, 0.1) is 6.92 Å². The predicted octanol–water partition coefficient (Wildman–Crippen LogP) is 5.16. The fourth-order valence-electron chi connectivity index (χ4n) is 3.29. The fourth-order valence-corrected chi connectivity index (χ4v) is 3.47. The molecule has 0 spiro atoms. The van der Waals surface area contributed by atoms with Crippen LogP contribution in [0.25, 0.3) is 0 Å². The highest BCUT2D eigenvalue weighted by atomic mass is 35.5. The molecular weight excluding hydrogens is 452 g/mol. The van der Waals surface area contributed by atoms with Crippen molar-refractivity contribution in [3.05, 3.63) is 82.5 Å². The van der Waals surface area contributed by atoms with E-state index < -0.39 is 0 Å². The maximum Gasteiger partial charge on any atom is 0.255 e. The number of hydrogen-bond acceptors (Lipinski definition) is 5. The van der Waals surface area contributed by atoms with Crippen LogP contribution < -0.4 is 15.4 Å². The molecule has 2 amide bonds. The summed E-state index contributed by atoms with van der Waals surface area (Å²) in [7, 11) is 0. The van der Waals surface area contributed by atoms with E-state index in [2.05, 4.69) is 15.6 Å². The third-order valence-electron chi connectivity index (χ3n) is 5.16. The molecule has 1 aliphatic heterocycles. The minimum Gasteiger partial charge on any atom is -0.439 e. The smallest absolute Gasteiger partial charge is 0.255 e. The number of hydrogen-bond donors (Lipinski definition) is 2. The second-order valence-corrected chi connectivity index (χ2v) is 7.88. The first-order chi connectivity index (χ1) is 16.5. The molecule has 8 heteroatoms. The van der Waals surface area contributed by atoms with Gasteiger partial charge in [0.05, 0.1) is 11.9 Å². The van der Waals surface area contributed by atoms with Crippen LogP contribution >= 0.6 is 11.6 Å². The Balaban J connectivity index is 0.00000158. The molecule has 178 valence electrons. The maximum absolute atomic E-state index is 12.5. The Morgan fingerprint density at radius 1 is 1.00 bits per heavy atom. The number of aryl methyl sites for hydroxylation is 1. The second kappa shape index (κ2) is 12.2. The van der Waals surface area contributed by atoms with E-state index >= 15 is 0 Å². The summed E-state index contributed by atoms with van der Waals surface area (Å²) in [5, 5.41) is 6.56. The van der Waals surface area contributed by atoms with Gasteiger partial charge in [-0.1, -0.05) is 31.5 Å². The van der Waals surface area contributed by atoms with Gasteiger partial charge in [-0.05, 0) is 55.0 Å². The van der Waals surface area contributed by atoms with Crippen molar-refractivity contribution in [1.82, 2.24) is 15.2 Å². The molecule has 1 aliphatic rings. The van der Waals surface area contributed by atoms with Gasteiger partial charge >= 0.3 is 0 Å². The summed E-state index contributed by atoms with van der Waals surface area (Å²) in [4.78, 5) is 31.0. The molecular formula is C26H29ClN4O3. The number of piperazine rings is 1. The molecule has 2 heterocycles. The van der Waals surface area contributed by atoms with Crippen LogP contribution in [-0.2, 0) is 0 Å². The molecule has 1 fully saturated rings. The lowest BCUT2D eigenvalue weighted by atomic mass is 10.1. The number of halogens is 1. The quantitative estimate of drug-likeness (QED) is 0.527. The standard InChI is InChI=1S/C24H23ClN4O3.C2H6/c1-16-2-3-18(14-21(16)25)23(30)28-19-6-9-22(27-15-19)32-20-7-4-17(5-8-20)24(31)29-12-10-26-11-13-29;1-2/h2-9,14-15,26H,10-13H2,1H3,(H,28,30);1-2H3. The van der Waals surface area contributed by atoms with Crippen LogP contribution in [0.5, 0.6) is 11.6 Å². The van der Waals surface area contributed by atoms with Gasteiger partial charge in [-0.15, -0.1) is 0 Å². The summed E-state index contributed by atoms with van der Waals surface area (Å²) in [5.74, 6) is 0.696. The lowest BCUT2D eigenvalue weighted by Gasteiger charge is -2.27. The van der Waals surface area contributed by atoms with E-state index in [1.165, 1.54) is 6.20 Å². The lowest BCUT2D eigenvalue weighted by Crippen LogP contribution is -2.46. The zero-order chi connectivity index (χ0) is 24.5. The summed E-state index contributed by atoms with van der Waals surface area (Å²) >= 11 is 6.09. The fraction of sp³-hybridized carbons (Fsp3) is 0.269. The van der Waals surface area contributed by atoms with Crippen LogP contribution in [0.1, 0.15) is 40.1 Å². The maximum atomic E-state index is 12.5. The number of carbonyl (C=O) groups excluding carboxylic acids is 2. The third-order valence-corrected chi connectivity index (χ3v) is 5.56. The third kappa shape index (κ3) is 6.56. The molecule has 3 aromatic rings. The first kappa shape index (κ1) is 25.2. The molecule has 0 bridgehead atoms. The van der Waals surface area contributed by atoms with E-state index in [1.54, 1.807) is 54.6 Å². The van der Waals surface area contributed by atoms with Crippen LogP contribution in [0.15, 0.2) is 60.8 Å². The molecule has 34 heavy (non-hydrogen) atoms. The number of ether oxygens (including phenoxy) is 1. The van der Waals surface area contributed by atoms with E-state index in [-0.39, 0.29) is 11.8 Å². The number of pyridine rings is 1. The van der Waals surface area contributed by atoms with Gasteiger partial charge in [-0.2, -0.15) is 0 Å². The molecule has 7 nitrogen and oxygen atoms in total. The number of amides is 2. The zero-order valence-electron chi connectivity index (χ0n) is 19.6. The van der Waals surface area contributed by atoms with E-state index in [1.807, 2.05) is 25.7 Å². The van der Waals surface area contributed by atoms with Gasteiger partial charge in [0, 0.05) is 48.4 Å². The minimum absolute atomic E-state index is 0.0196. The number of nitrogens with zero attached hydrogens (tertiary/aromatic N) is 2. The van der Waals surface area contributed by atoms with Crippen LogP contribution in [-0.4, -0.2) is 47.9 Å². The first-order valence-electron chi connectivity index (χ1n) is 11.3. The van der Waals surface area contributed by atoms with Gasteiger partial charge in [0.25, 0.3) is 11.8 Å². The summed E-state index contributed by atoms with van der Waals surface area (Å²) in [6.07, 6.45) is 1.52. The molecule has 0 saturated carbocycles. The second-order valence-electron chi connectivity index (χ2n) is 7.47. The number of benzene rings is 2. The highest BCUT2D eigenvalue weighted by Crippen LogP contribution is 2.22. The summed E-state index contributed by atoms with van der Waals surface area (Å²) in [6.45, 7) is 8.92. The number of carbonyl (C=O) groups is 2. The summed E-state index contributed by atoms with van der Waals surface area (Å²) < 4.78 is 5.76. The summed E-state index contributed by atoms with van der Waals surface area (Å²) in [6, 6.07) is 15.5. The number of rotatable bonds is 5. The van der Waals surface area contributed by atoms with E-state index in [0.717, 1.165) is 18.7 Å². The van der Waals surface area contributed by atoms with Crippen LogP contribution in [0.3, 0.4) is 0 Å². The Hall–Kier alpha value is -3.42. The van der Waals surface area contributed by atoms with Crippen molar-refractivity contribution in [3.8, 4) is 11.6 Å². The van der Waals surface area contributed by atoms with Crippen molar-refractivity contribution in [2.24, 2.45) is 0 Å². The van der Waals surface area contributed by atoms with Crippen molar-refractivity contribution in [3.63, 3.8) is 0 Å². The van der Waals surface area contributed by atoms with Crippen LogP contribution in [0.2, 0.25) is 5.02 Å². The molecule has 0 aliphatic carbocycles. The predicted molar refractivity (Wildman–Crippen MR) is 135 cm³/mol. The zero-order valence-corrected chi connectivity index (χ0v) is 20.4. The topological polar surface area (TPSA) is 83.6 Å². The minimum atomic E-state index is -0.271. The average molecular weight is 481 g/mol. The molecule has 0 atom stereocenters. The molecule has 0 radical (unpaired) electrons. The molecule has 2 aromatic carbocycles. The van der Waals surface area contributed by atoms with E-state index in [0.29, 0.717) is 46.6 Å². The molecule has 1 saturated heterocycles. The Bertz CT molecular complexity index is 1110. The Morgan fingerprint density at radius 3 is 2.29 bits per heavy atom. The monoisotopic (exact) mass is 480 g/mol. The number of nitrogens with one attached hydrogen (secondary N) is 2. The molecule has 2 N–H and O–H groups in total. The van der Waals surface area contributed by atoms with Gasteiger partial charge in [-0.3, -0.25) is 9.59 Å². The molecule has 4 rings (SSSR count). The highest BCUT2D eigenvalue weighted by molar-refractivity contribution is 6.31. The largest absolute Gasteiger partial charge is 0.439 e. The van der Waals surface area contributed by atoms with E-state index in [4.69, 9.17) is 16.3 Å². The normalized spacial score (nSPS) is 12.9. The van der Waals surface area contributed by atoms with Gasteiger partial charge in [0.1, 0.15) is 5.75 Å². The van der Waals surface area contributed by atoms with E-state index in [9.17, 15) is 9.59 Å². The van der Waals surface area contributed by atoms with Gasteiger partial charge in [0.2, 0.25) is 5.88 Å². The Labute approximate surface area is 205 Å². The average Bonchev–Trinajstić information content (AvgIpc) is 2.88. The van der Waals surface area contributed by atoms with Crippen molar-refractivity contribution < 1.29 is 14.3 Å². The van der Waals surface area contributed by atoms with Crippen LogP contribution in [0.4, 0.5) is 5.69 Å². The van der Waals surface area contributed by atoms with Crippen molar-refractivity contribution >= 4 is 29.1 Å². The number of anilines is 1. The van der Waals surface area contributed by atoms with Crippen molar-refractivity contribution in [2.75, 3.05) is 31.5 Å². The molecule has 1 aromatic heterocycles. The van der Waals surface area contributed by atoms with Gasteiger partial charge in [-0.25, -0.2) is 4.98 Å². The SMILES string of the molecule is CC.Cc1ccc(C(=O)Nc2ccc(Oc3ccc(C(=O)N4CCNCC4)cc3)nc2)cc1Cl. The first-order valence-corrected chi connectivity index (χ1v) is 11.7. The summed E-state index contributed by atoms with van der Waals surface area (Å²) in [5.41, 5.74) is 2.54.